The van der Waals surface area contributed by atoms with Crippen LogP contribution < -0.4 is 5.32 Å². The number of nitrogens with one attached hydrogen (secondary N) is 1. The number of hydrogen-bond donors (Lipinski definition) is 2. The van der Waals surface area contributed by atoms with Crippen molar-refractivity contribution in [3.8, 4) is 0 Å². The van der Waals surface area contributed by atoms with Crippen LogP contribution in [0.2, 0.25) is 0 Å². The van der Waals surface area contributed by atoms with Gasteiger partial charge in [0.15, 0.2) is 3.92 Å². The second kappa shape index (κ2) is 4.74. The normalized spacial score (nSPS) is 12.9. The molecule has 1 aromatic rings. The van der Waals surface area contributed by atoms with E-state index >= 15 is 0 Å². The van der Waals surface area contributed by atoms with E-state index in [2.05, 4.69) is 31.4 Å². The zero-order valence-electron chi connectivity index (χ0n) is 6.62. The molecule has 1 heterocycles. The highest BCUT2D eigenvalue weighted by molar-refractivity contribution is 9.11. The molecule has 0 fully saturated rings. The molecule has 0 aliphatic rings. The van der Waals surface area contributed by atoms with Gasteiger partial charge in [0.1, 0.15) is 0 Å². The van der Waals surface area contributed by atoms with Gasteiger partial charge in [-0.25, -0.2) is 0 Å². The predicted molar refractivity (Wildman–Crippen MR) is 52.4 cm³/mol. The molecule has 6 heteroatoms. The van der Waals surface area contributed by atoms with Crippen molar-refractivity contribution in [2.75, 3.05) is 11.9 Å². The van der Waals surface area contributed by atoms with Crippen molar-refractivity contribution in [2.24, 2.45) is 0 Å². The zero-order chi connectivity index (χ0) is 8.97. The van der Waals surface area contributed by atoms with Crippen LogP contribution in [0.4, 0.5) is 5.13 Å². The molecule has 0 aliphatic heterocycles. The Kier molecular flexibility index (Phi) is 3.90. The Hall–Kier alpha value is -0.200. The fourth-order valence-electron chi connectivity index (χ4n) is 0.626. The molecule has 4 nitrogen and oxygen atoms in total. The zero-order valence-corrected chi connectivity index (χ0v) is 9.02. The third-order valence-electron chi connectivity index (χ3n) is 1.36. The Morgan fingerprint density at radius 3 is 2.92 bits per heavy atom. The maximum Gasteiger partial charge on any atom is 0.206 e. The van der Waals surface area contributed by atoms with Crippen LogP contribution in [0, 0.1) is 0 Å². The van der Waals surface area contributed by atoms with Gasteiger partial charge >= 0.3 is 0 Å². The standard InChI is InChI=1S/C6H10BrN3OS/c1-2-4(11)3-8-6-10-9-5(7)12-6/h4,11H,2-3H2,1H3,(H,8,10)/t4-/m0/s1. The number of aromatic nitrogens is 2. The van der Waals surface area contributed by atoms with Crippen molar-refractivity contribution in [2.45, 2.75) is 19.4 Å². The average molecular weight is 252 g/mol. The summed E-state index contributed by atoms with van der Waals surface area (Å²) in [6.45, 7) is 2.46. The second-order valence-corrected chi connectivity index (χ2v) is 4.56. The van der Waals surface area contributed by atoms with Gasteiger partial charge in [-0.3, -0.25) is 0 Å². The molecule has 1 rings (SSSR count). The van der Waals surface area contributed by atoms with Gasteiger partial charge in [-0.1, -0.05) is 18.3 Å². The molecule has 0 aromatic carbocycles. The first-order valence-electron chi connectivity index (χ1n) is 3.63. The van der Waals surface area contributed by atoms with Gasteiger partial charge in [0, 0.05) is 6.54 Å². The van der Waals surface area contributed by atoms with Gasteiger partial charge in [0.2, 0.25) is 5.13 Å². The van der Waals surface area contributed by atoms with E-state index in [4.69, 9.17) is 0 Å². The highest BCUT2D eigenvalue weighted by Crippen LogP contribution is 2.19. The SMILES string of the molecule is CC[C@H](O)CNc1nnc(Br)s1. The van der Waals surface area contributed by atoms with Crippen LogP contribution in [0.3, 0.4) is 0 Å². The van der Waals surface area contributed by atoms with E-state index < -0.39 is 0 Å². The van der Waals surface area contributed by atoms with Gasteiger partial charge in [-0.2, -0.15) is 0 Å². The molecule has 2 N–H and O–H groups in total. The molecule has 0 saturated heterocycles. The molecular weight excluding hydrogens is 242 g/mol. The van der Waals surface area contributed by atoms with E-state index in [9.17, 15) is 5.11 Å². The smallest absolute Gasteiger partial charge is 0.206 e. The minimum atomic E-state index is -0.312. The summed E-state index contributed by atoms with van der Waals surface area (Å²) in [6, 6.07) is 0. The molecule has 0 amide bonds. The van der Waals surface area contributed by atoms with Crippen molar-refractivity contribution in [3.63, 3.8) is 0 Å². The average Bonchev–Trinajstić information content (AvgIpc) is 2.47. The van der Waals surface area contributed by atoms with Gasteiger partial charge < -0.3 is 10.4 Å². The van der Waals surface area contributed by atoms with E-state index in [-0.39, 0.29) is 6.10 Å². The molecule has 1 atom stereocenters. The quantitative estimate of drug-likeness (QED) is 0.852. The number of rotatable bonds is 4. The van der Waals surface area contributed by atoms with Crippen molar-refractivity contribution < 1.29 is 5.11 Å². The lowest BCUT2D eigenvalue weighted by atomic mass is 10.3. The first-order valence-corrected chi connectivity index (χ1v) is 5.24. The third-order valence-corrected chi connectivity index (χ3v) is 2.67. The van der Waals surface area contributed by atoms with Crippen LogP contribution in [0.15, 0.2) is 3.92 Å². The fraction of sp³-hybridized carbons (Fsp3) is 0.667. The van der Waals surface area contributed by atoms with Gasteiger partial charge in [-0.05, 0) is 22.4 Å². The van der Waals surface area contributed by atoms with E-state index in [1.54, 1.807) is 0 Å². The number of aliphatic hydroxyl groups excluding tert-OH is 1. The number of aliphatic hydroxyl groups is 1. The molecule has 0 bridgehead atoms. The minimum Gasteiger partial charge on any atom is -0.391 e. The summed E-state index contributed by atoms with van der Waals surface area (Å²) in [4.78, 5) is 0. The molecule has 0 saturated carbocycles. The summed E-state index contributed by atoms with van der Waals surface area (Å²) in [5.74, 6) is 0. The summed E-state index contributed by atoms with van der Waals surface area (Å²) in [5.41, 5.74) is 0. The number of halogens is 1. The molecule has 12 heavy (non-hydrogen) atoms. The molecular formula is C6H10BrN3OS. The summed E-state index contributed by atoms with van der Waals surface area (Å²) in [5, 5.41) is 20.5. The molecule has 0 unspecified atom stereocenters. The second-order valence-electron chi connectivity index (χ2n) is 2.30. The predicted octanol–water partition coefficient (Wildman–Crippen LogP) is 1.48. The number of nitrogens with zero attached hydrogens (tertiary/aromatic N) is 2. The maximum absolute atomic E-state index is 9.21. The first kappa shape index (κ1) is 9.88. The molecule has 1 aromatic heterocycles. The van der Waals surface area contributed by atoms with Crippen molar-refractivity contribution in [1.29, 1.82) is 0 Å². The van der Waals surface area contributed by atoms with Crippen molar-refractivity contribution >= 4 is 32.4 Å². The summed E-state index contributed by atoms with van der Waals surface area (Å²) >= 11 is 4.61. The van der Waals surface area contributed by atoms with E-state index in [0.29, 0.717) is 6.54 Å². The third kappa shape index (κ3) is 3.04. The largest absolute Gasteiger partial charge is 0.391 e. The van der Waals surface area contributed by atoms with Crippen LogP contribution in [0.5, 0.6) is 0 Å². The van der Waals surface area contributed by atoms with E-state index in [0.717, 1.165) is 15.5 Å². The summed E-state index contributed by atoms with van der Waals surface area (Å²) in [7, 11) is 0. The Balaban J connectivity index is 2.33. The molecule has 0 aliphatic carbocycles. The molecule has 68 valence electrons. The van der Waals surface area contributed by atoms with Crippen LogP contribution in [-0.2, 0) is 0 Å². The summed E-state index contributed by atoms with van der Waals surface area (Å²) in [6.07, 6.45) is 0.431. The number of anilines is 1. The first-order chi connectivity index (χ1) is 5.72. The Morgan fingerprint density at radius 2 is 2.42 bits per heavy atom. The van der Waals surface area contributed by atoms with Crippen LogP contribution >= 0.6 is 27.3 Å². The lowest BCUT2D eigenvalue weighted by molar-refractivity contribution is 0.183. The fourth-order valence-corrected chi connectivity index (χ4v) is 1.64. The monoisotopic (exact) mass is 251 g/mol. The lowest BCUT2D eigenvalue weighted by Gasteiger charge is -2.06. The summed E-state index contributed by atoms with van der Waals surface area (Å²) < 4.78 is 0.746. The van der Waals surface area contributed by atoms with Gasteiger partial charge in [0.05, 0.1) is 6.10 Å². The highest BCUT2D eigenvalue weighted by atomic mass is 79.9. The Labute approximate surface area is 83.2 Å². The Morgan fingerprint density at radius 1 is 1.67 bits per heavy atom. The van der Waals surface area contributed by atoms with Gasteiger partial charge in [-0.15, -0.1) is 10.2 Å². The molecule has 0 radical (unpaired) electrons. The Bertz CT molecular complexity index is 242. The topological polar surface area (TPSA) is 58.0 Å². The molecule has 0 spiro atoms. The maximum atomic E-state index is 9.21. The van der Waals surface area contributed by atoms with Crippen molar-refractivity contribution in [1.82, 2.24) is 10.2 Å². The minimum absolute atomic E-state index is 0.312. The number of hydrogen-bond acceptors (Lipinski definition) is 5. The van der Waals surface area contributed by atoms with Gasteiger partial charge in [0.25, 0.3) is 0 Å². The highest BCUT2D eigenvalue weighted by Gasteiger charge is 2.03. The van der Waals surface area contributed by atoms with E-state index in [1.165, 1.54) is 11.3 Å². The van der Waals surface area contributed by atoms with Crippen LogP contribution in [0.1, 0.15) is 13.3 Å². The lowest BCUT2D eigenvalue weighted by Crippen LogP contribution is -2.17. The van der Waals surface area contributed by atoms with E-state index in [1.807, 2.05) is 6.92 Å². The van der Waals surface area contributed by atoms with Crippen LogP contribution in [0.25, 0.3) is 0 Å². The van der Waals surface area contributed by atoms with Crippen LogP contribution in [-0.4, -0.2) is 28.0 Å². The van der Waals surface area contributed by atoms with Crippen molar-refractivity contribution in [3.05, 3.63) is 3.92 Å².